The van der Waals surface area contributed by atoms with Crippen LogP contribution in [0, 0.1) is 17.8 Å². The van der Waals surface area contributed by atoms with Crippen LogP contribution < -0.4 is 0 Å². The first-order chi connectivity index (χ1) is 12.8. The van der Waals surface area contributed by atoms with Crippen LogP contribution in [0.5, 0.6) is 0 Å². The van der Waals surface area contributed by atoms with Crippen molar-refractivity contribution in [2.45, 2.75) is 59.5 Å². The van der Waals surface area contributed by atoms with Crippen molar-refractivity contribution >= 4 is 18.2 Å². The van der Waals surface area contributed by atoms with Crippen LogP contribution in [0.15, 0.2) is 34.9 Å². The van der Waals surface area contributed by atoms with Gasteiger partial charge in [-0.3, -0.25) is 14.4 Å². The van der Waals surface area contributed by atoms with Crippen LogP contribution in [-0.4, -0.2) is 30.9 Å². The molecule has 0 spiro atoms. The second kappa shape index (κ2) is 9.67. The minimum atomic E-state index is -0.684. The Kier molecular flexibility index (Phi) is 7.57. The lowest BCUT2D eigenvalue weighted by molar-refractivity contribution is -0.172. The third-order valence-electron chi connectivity index (χ3n) is 5.30. The number of fused-ring (bicyclic) bond motifs is 1. The molecule has 27 heavy (non-hydrogen) atoms. The molecule has 1 aliphatic heterocycles. The number of ether oxygens (including phenoxy) is 2. The average molecular weight is 374 g/mol. The molecule has 2 rings (SSSR count). The number of esters is 2. The number of hydrogen-bond acceptors (Lipinski definition) is 5. The number of hydrogen-bond donors (Lipinski definition) is 0. The number of rotatable bonds is 5. The highest BCUT2D eigenvalue weighted by Gasteiger charge is 2.47. The van der Waals surface area contributed by atoms with Crippen molar-refractivity contribution in [2.75, 3.05) is 6.61 Å². The molecule has 0 aromatic heterocycles. The average Bonchev–Trinajstić information content (AvgIpc) is 2.64. The van der Waals surface area contributed by atoms with E-state index in [4.69, 9.17) is 9.47 Å². The molecule has 0 saturated carbocycles. The molecule has 0 aromatic rings. The van der Waals surface area contributed by atoms with Gasteiger partial charge in [0.1, 0.15) is 12.4 Å². The van der Waals surface area contributed by atoms with E-state index in [1.165, 1.54) is 12.5 Å². The first-order valence-electron chi connectivity index (χ1n) is 9.61. The highest BCUT2D eigenvalue weighted by Crippen LogP contribution is 2.41. The van der Waals surface area contributed by atoms with Gasteiger partial charge in [-0.1, -0.05) is 29.4 Å². The maximum Gasteiger partial charge on any atom is 0.313 e. The molecule has 5 nitrogen and oxygen atoms in total. The van der Waals surface area contributed by atoms with Gasteiger partial charge in [-0.05, 0) is 40.0 Å². The number of cyclic esters (lactones) is 1. The van der Waals surface area contributed by atoms with Gasteiger partial charge in [0.15, 0.2) is 0 Å². The van der Waals surface area contributed by atoms with Crippen molar-refractivity contribution in [3.05, 3.63) is 34.9 Å². The van der Waals surface area contributed by atoms with Crippen molar-refractivity contribution < 1.29 is 23.9 Å². The molecule has 148 valence electrons. The lowest BCUT2D eigenvalue weighted by atomic mass is 9.70. The summed E-state index contributed by atoms with van der Waals surface area (Å²) in [6.07, 6.45) is 9.07. The number of carbonyl (C=O) groups excluding carboxylic acids is 3. The number of carbonyl (C=O) groups is 3. The summed E-state index contributed by atoms with van der Waals surface area (Å²) < 4.78 is 11.1. The summed E-state index contributed by atoms with van der Waals surface area (Å²) in [5, 5.41) is 0. The summed E-state index contributed by atoms with van der Waals surface area (Å²) in [5.41, 5.74) is 2.75. The Morgan fingerprint density at radius 3 is 2.67 bits per heavy atom. The summed E-state index contributed by atoms with van der Waals surface area (Å²) in [6, 6.07) is 0. The van der Waals surface area contributed by atoms with Gasteiger partial charge in [0.05, 0.1) is 12.5 Å². The van der Waals surface area contributed by atoms with E-state index in [0.29, 0.717) is 25.0 Å². The fraction of sp³-hybridized carbons (Fsp3) is 0.591. The zero-order valence-corrected chi connectivity index (χ0v) is 16.7. The predicted octanol–water partition coefficient (Wildman–Crippen LogP) is 3.94. The van der Waals surface area contributed by atoms with E-state index in [0.717, 1.165) is 24.7 Å². The van der Waals surface area contributed by atoms with Gasteiger partial charge in [0, 0.05) is 30.8 Å². The second-order valence-corrected chi connectivity index (χ2v) is 7.76. The Labute approximate surface area is 161 Å². The normalized spacial score (nSPS) is 32.1. The fourth-order valence-corrected chi connectivity index (χ4v) is 4.07. The topological polar surface area (TPSA) is 69.7 Å². The van der Waals surface area contributed by atoms with E-state index in [9.17, 15) is 14.4 Å². The predicted molar refractivity (Wildman–Crippen MR) is 103 cm³/mol. The Bertz CT molecular complexity index is 666. The molecule has 2 aliphatic rings. The summed E-state index contributed by atoms with van der Waals surface area (Å²) in [6.45, 7) is 7.77. The molecule has 1 saturated heterocycles. The quantitative estimate of drug-likeness (QED) is 0.414. The smallest absolute Gasteiger partial charge is 0.313 e. The van der Waals surface area contributed by atoms with Gasteiger partial charge >= 0.3 is 11.9 Å². The molecule has 0 N–H and O–H groups in total. The van der Waals surface area contributed by atoms with Crippen molar-refractivity contribution in [2.24, 2.45) is 17.8 Å². The molecule has 1 fully saturated rings. The van der Waals surface area contributed by atoms with Gasteiger partial charge in [-0.2, -0.15) is 0 Å². The Morgan fingerprint density at radius 1 is 1.30 bits per heavy atom. The zero-order valence-electron chi connectivity index (χ0n) is 16.7. The Morgan fingerprint density at radius 2 is 2.04 bits per heavy atom. The number of allylic oxidation sites excluding steroid dienone is 4. The van der Waals surface area contributed by atoms with Crippen LogP contribution in [0.2, 0.25) is 0 Å². The molecular weight excluding hydrogens is 344 g/mol. The summed E-state index contributed by atoms with van der Waals surface area (Å²) in [7, 11) is 0. The fourth-order valence-electron chi connectivity index (χ4n) is 4.07. The Balaban J connectivity index is 2.44. The molecule has 0 aromatic carbocycles. The van der Waals surface area contributed by atoms with E-state index in [-0.39, 0.29) is 17.8 Å². The van der Waals surface area contributed by atoms with E-state index in [1.54, 1.807) is 6.08 Å². The van der Waals surface area contributed by atoms with E-state index < -0.39 is 18.0 Å². The van der Waals surface area contributed by atoms with Crippen molar-refractivity contribution in [1.29, 1.82) is 0 Å². The van der Waals surface area contributed by atoms with Gasteiger partial charge in [0.2, 0.25) is 0 Å². The summed E-state index contributed by atoms with van der Waals surface area (Å²) >= 11 is 0. The van der Waals surface area contributed by atoms with Crippen molar-refractivity contribution in [1.82, 2.24) is 0 Å². The van der Waals surface area contributed by atoms with E-state index in [1.807, 2.05) is 26.8 Å². The molecule has 0 bridgehead atoms. The molecule has 0 radical (unpaired) electrons. The van der Waals surface area contributed by atoms with Crippen LogP contribution in [0.3, 0.4) is 0 Å². The molecule has 1 heterocycles. The third-order valence-corrected chi connectivity index (χ3v) is 5.30. The molecule has 4 atom stereocenters. The third kappa shape index (κ3) is 5.65. The van der Waals surface area contributed by atoms with Crippen molar-refractivity contribution in [3.8, 4) is 0 Å². The molecule has 0 amide bonds. The highest BCUT2D eigenvalue weighted by molar-refractivity contribution is 5.88. The van der Waals surface area contributed by atoms with E-state index >= 15 is 0 Å². The minimum Gasteiger partial charge on any atom is -0.465 e. The largest absolute Gasteiger partial charge is 0.465 e. The SMILES string of the molecule is CC(=O)O[C@H]1C/C(C)=C/C/C=C(/C=O)[C@@H]2C(=O)OC[C@@H](CCC=C(C)C)[C@@H]12. The number of aldehydes is 1. The standard InChI is InChI=1S/C22H30O5/c1-14(2)7-5-10-18-13-26-22(25)21-17(12-23)9-6-8-15(3)11-19(20(18)21)27-16(4)24/h7-9,12,18-21H,5-6,10-11,13H2,1-4H3/b15-8+,17-9-/t18-,19+,20+,21+/m1/s1. The van der Waals surface area contributed by atoms with Gasteiger partial charge in [-0.15, -0.1) is 0 Å². The maximum atomic E-state index is 12.6. The lowest BCUT2D eigenvalue weighted by Gasteiger charge is -2.41. The molecule has 1 aliphatic carbocycles. The zero-order chi connectivity index (χ0) is 20.0. The van der Waals surface area contributed by atoms with Crippen LogP contribution in [0.4, 0.5) is 0 Å². The molecule has 5 heteroatoms. The Hall–Kier alpha value is -2.17. The van der Waals surface area contributed by atoms with Crippen LogP contribution in [0.25, 0.3) is 0 Å². The van der Waals surface area contributed by atoms with Crippen molar-refractivity contribution in [3.63, 3.8) is 0 Å². The van der Waals surface area contributed by atoms with Gasteiger partial charge in [0.25, 0.3) is 0 Å². The molecule has 0 unspecified atom stereocenters. The monoisotopic (exact) mass is 374 g/mol. The summed E-state index contributed by atoms with van der Waals surface area (Å²) in [5.74, 6) is -1.69. The second-order valence-electron chi connectivity index (χ2n) is 7.76. The van der Waals surface area contributed by atoms with Crippen LogP contribution >= 0.6 is 0 Å². The first kappa shape index (κ1) is 21.1. The minimum absolute atomic E-state index is 0.0295. The van der Waals surface area contributed by atoms with Gasteiger partial charge < -0.3 is 9.47 Å². The van der Waals surface area contributed by atoms with E-state index in [2.05, 4.69) is 6.08 Å². The lowest BCUT2D eigenvalue weighted by Crippen LogP contribution is -2.47. The first-order valence-corrected chi connectivity index (χ1v) is 9.61. The van der Waals surface area contributed by atoms with Crippen LogP contribution in [0.1, 0.15) is 53.4 Å². The van der Waals surface area contributed by atoms with Crippen LogP contribution in [-0.2, 0) is 23.9 Å². The molecular formula is C22H30O5. The summed E-state index contributed by atoms with van der Waals surface area (Å²) in [4.78, 5) is 36.1. The maximum absolute atomic E-state index is 12.6. The highest BCUT2D eigenvalue weighted by atomic mass is 16.5. The van der Waals surface area contributed by atoms with Gasteiger partial charge in [-0.25, -0.2) is 0 Å².